The molecule has 2 aromatic rings. The van der Waals surface area contributed by atoms with Crippen molar-refractivity contribution in [3.8, 4) is 0 Å². The number of nitrogens with one attached hydrogen (secondary N) is 2. The number of carbonyl (C=O) groups is 1. The molecule has 1 aromatic heterocycles. The average molecular weight is 428 g/mol. The van der Waals surface area contributed by atoms with Crippen LogP contribution in [0.2, 0.25) is 5.02 Å². The van der Waals surface area contributed by atoms with Gasteiger partial charge in [0.05, 0.1) is 11.6 Å². The van der Waals surface area contributed by atoms with Crippen molar-refractivity contribution in [1.29, 1.82) is 0 Å². The fourth-order valence-electron chi connectivity index (χ4n) is 2.96. The number of benzene rings is 1. The Bertz CT molecular complexity index is 943. The molecule has 3 rings (SSSR count). The lowest BCUT2D eigenvalue weighted by molar-refractivity contribution is -0.125. The molecule has 1 atom stereocenters. The molecule has 1 fully saturated rings. The van der Waals surface area contributed by atoms with E-state index in [1.165, 1.54) is 15.6 Å². The lowest BCUT2D eigenvalue weighted by atomic mass is 9.99. The lowest BCUT2D eigenvalue weighted by Gasteiger charge is -2.30. The van der Waals surface area contributed by atoms with E-state index >= 15 is 0 Å². The van der Waals surface area contributed by atoms with Crippen LogP contribution in [0.4, 0.5) is 5.69 Å². The summed E-state index contributed by atoms with van der Waals surface area (Å²) in [7, 11) is -3.55. The van der Waals surface area contributed by atoms with Crippen LogP contribution in [0.5, 0.6) is 0 Å². The average Bonchev–Trinajstić information content (AvgIpc) is 3.10. The van der Waals surface area contributed by atoms with Crippen molar-refractivity contribution in [3.05, 3.63) is 45.8 Å². The number of hydrogen-bond acceptors (Lipinski definition) is 5. The normalized spacial score (nSPS) is 18.3. The number of amides is 1. The third-order valence-electron chi connectivity index (χ3n) is 4.57. The van der Waals surface area contributed by atoms with Gasteiger partial charge < -0.3 is 0 Å². The molecule has 6 nitrogen and oxygen atoms in total. The number of halogens is 1. The van der Waals surface area contributed by atoms with E-state index in [-0.39, 0.29) is 12.5 Å². The van der Waals surface area contributed by atoms with Gasteiger partial charge in [-0.05, 0) is 56.5 Å². The zero-order valence-electron chi connectivity index (χ0n) is 15.2. The van der Waals surface area contributed by atoms with Crippen LogP contribution in [0.1, 0.15) is 23.3 Å². The highest BCUT2D eigenvalue weighted by Gasteiger charge is 2.34. The molecule has 0 saturated carbocycles. The van der Waals surface area contributed by atoms with Gasteiger partial charge in [0.25, 0.3) is 10.0 Å². The molecule has 0 aliphatic carbocycles. The largest absolute Gasteiger partial charge is 0.299 e. The predicted octanol–water partition coefficient (Wildman–Crippen LogP) is 3.56. The number of hydrazine groups is 1. The van der Waals surface area contributed by atoms with Gasteiger partial charge in [-0.2, -0.15) is 4.31 Å². The molecular formula is C18H22ClN3O3S2. The summed E-state index contributed by atoms with van der Waals surface area (Å²) in [6, 6.07) is 8.82. The molecule has 0 unspecified atom stereocenters. The fraction of sp³-hybridized carbons (Fsp3) is 0.389. The molecule has 9 heteroatoms. The van der Waals surface area contributed by atoms with E-state index in [0.717, 1.165) is 10.4 Å². The molecule has 2 heterocycles. The Morgan fingerprint density at radius 2 is 2.04 bits per heavy atom. The van der Waals surface area contributed by atoms with E-state index in [1.807, 2.05) is 26.0 Å². The molecule has 2 N–H and O–H groups in total. The van der Waals surface area contributed by atoms with Gasteiger partial charge in [0.1, 0.15) is 4.21 Å². The number of aryl methyl sites for hydroxylation is 2. The first kappa shape index (κ1) is 20.1. The van der Waals surface area contributed by atoms with Gasteiger partial charge in [-0.25, -0.2) is 8.42 Å². The Hall–Kier alpha value is -1.61. The maximum Gasteiger partial charge on any atom is 0.252 e. The third kappa shape index (κ3) is 4.63. The number of carbonyl (C=O) groups excluding carboxylic acids is 1. The summed E-state index contributed by atoms with van der Waals surface area (Å²) in [6.45, 7) is 4.39. The van der Waals surface area contributed by atoms with Crippen LogP contribution in [0.3, 0.4) is 0 Å². The Kier molecular flexibility index (Phi) is 6.10. The number of anilines is 1. The van der Waals surface area contributed by atoms with Crippen LogP contribution in [-0.4, -0.2) is 31.7 Å². The van der Waals surface area contributed by atoms with Crippen molar-refractivity contribution in [3.63, 3.8) is 0 Å². The van der Waals surface area contributed by atoms with E-state index in [9.17, 15) is 13.2 Å². The lowest BCUT2D eigenvalue weighted by Crippen LogP contribution is -2.46. The van der Waals surface area contributed by atoms with Gasteiger partial charge in [-0.3, -0.25) is 15.6 Å². The van der Waals surface area contributed by atoms with Crippen molar-refractivity contribution in [2.45, 2.75) is 30.9 Å². The number of nitrogens with zero attached hydrogens (tertiary/aromatic N) is 1. The molecule has 146 valence electrons. The summed E-state index contributed by atoms with van der Waals surface area (Å²) >= 11 is 7.33. The van der Waals surface area contributed by atoms with E-state index < -0.39 is 15.9 Å². The Balaban J connectivity index is 1.63. The zero-order chi connectivity index (χ0) is 19.6. The highest BCUT2D eigenvalue weighted by molar-refractivity contribution is 7.91. The van der Waals surface area contributed by atoms with Gasteiger partial charge in [0.2, 0.25) is 5.91 Å². The van der Waals surface area contributed by atoms with Crippen LogP contribution < -0.4 is 10.9 Å². The first-order valence-electron chi connectivity index (χ1n) is 8.66. The molecule has 27 heavy (non-hydrogen) atoms. The Labute approximate surface area is 168 Å². The van der Waals surface area contributed by atoms with Crippen LogP contribution in [0.25, 0.3) is 0 Å². The zero-order valence-corrected chi connectivity index (χ0v) is 17.5. The number of sulfonamides is 1. The SMILES string of the molecule is Cc1ccc(S(=O)(=O)N2CCC[C@H](C(=O)NNc3ccc(C)c(Cl)c3)C2)s1. The van der Waals surface area contributed by atoms with Gasteiger partial charge in [0, 0.05) is 23.0 Å². The summed E-state index contributed by atoms with van der Waals surface area (Å²) in [5.74, 6) is -0.628. The quantitative estimate of drug-likeness (QED) is 0.715. The van der Waals surface area contributed by atoms with Crippen molar-refractivity contribution >= 4 is 44.6 Å². The minimum absolute atomic E-state index is 0.182. The minimum atomic E-state index is -3.55. The highest BCUT2D eigenvalue weighted by atomic mass is 35.5. The van der Waals surface area contributed by atoms with Crippen LogP contribution in [0.15, 0.2) is 34.5 Å². The van der Waals surface area contributed by atoms with E-state index in [0.29, 0.717) is 34.3 Å². The van der Waals surface area contributed by atoms with Gasteiger partial charge >= 0.3 is 0 Å². The second kappa shape index (κ2) is 8.18. The highest BCUT2D eigenvalue weighted by Crippen LogP contribution is 2.28. The van der Waals surface area contributed by atoms with Gasteiger partial charge in [-0.15, -0.1) is 11.3 Å². The van der Waals surface area contributed by atoms with Crippen molar-refractivity contribution in [2.75, 3.05) is 18.5 Å². The van der Waals surface area contributed by atoms with Crippen LogP contribution >= 0.6 is 22.9 Å². The van der Waals surface area contributed by atoms with E-state index in [4.69, 9.17) is 11.6 Å². The topological polar surface area (TPSA) is 78.5 Å². The second-order valence-corrected chi connectivity index (χ2v) is 10.5. The molecule has 0 spiro atoms. The molecule has 1 aromatic carbocycles. The molecule has 0 bridgehead atoms. The monoisotopic (exact) mass is 427 g/mol. The summed E-state index contributed by atoms with van der Waals surface area (Å²) in [4.78, 5) is 13.5. The van der Waals surface area contributed by atoms with Crippen molar-refractivity contribution < 1.29 is 13.2 Å². The summed E-state index contributed by atoms with van der Waals surface area (Å²) in [5.41, 5.74) is 7.14. The smallest absolute Gasteiger partial charge is 0.252 e. The van der Waals surface area contributed by atoms with Crippen LogP contribution in [-0.2, 0) is 14.8 Å². The van der Waals surface area contributed by atoms with E-state index in [1.54, 1.807) is 18.2 Å². The number of rotatable bonds is 5. The standard InChI is InChI=1S/C18H22ClN3O3S2/c1-12-5-7-15(10-16(12)19)20-21-18(23)14-4-3-9-22(11-14)27(24,25)17-8-6-13(2)26-17/h5-8,10,14,20H,3-4,9,11H2,1-2H3,(H,21,23)/t14-/m0/s1. The molecular weight excluding hydrogens is 406 g/mol. The van der Waals surface area contributed by atoms with Gasteiger partial charge in [-0.1, -0.05) is 17.7 Å². The first-order chi connectivity index (χ1) is 12.8. The number of hydrogen-bond donors (Lipinski definition) is 2. The van der Waals surface area contributed by atoms with Crippen LogP contribution in [0, 0.1) is 19.8 Å². The molecule has 0 radical (unpaired) electrons. The third-order valence-corrected chi connectivity index (χ3v) is 8.31. The molecule has 1 aliphatic heterocycles. The predicted molar refractivity (Wildman–Crippen MR) is 108 cm³/mol. The van der Waals surface area contributed by atoms with Crippen molar-refractivity contribution in [2.24, 2.45) is 5.92 Å². The fourth-order valence-corrected chi connectivity index (χ4v) is 6.10. The first-order valence-corrected chi connectivity index (χ1v) is 11.3. The van der Waals surface area contributed by atoms with Gasteiger partial charge in [0.15, 0.2) is 0 Å². The maximum absolute atomic E-state index is 12.8. The van der Waals surface area contributed by atoms with E-state index in [2.05, 4.69) is 10.9 Å². The number of thiophene rings is 1. The molecule has 1 saturated heterocycles. The molecule has 1 amide bonds. The Morgan fingerprint density at radius 3 is 2.70 bits per heavy atom. The second-order valence-electron chi connectivity index (χ2n) is 6.65. The maximum atomic E-state index is 12.8. The summed E-state index contributed by atoms with van der Waals surface area (Å²) in [6.07, 6.45) is 1.30. The summed E-state index contributed by atoms with van der Waals surface area (Å²) in [5, 5.41) is 0.607. The van der Waals surface area contributed by atoms with Crippen molar-refractivity contribution in [1.82, 2.24) is 9.73 Å². The minimum Gasteiger partial charge on any atom is -0.299 e. The summed E-state index contributed by atoms with van der Waals surface area (Å²) < 4.78 is 27.3. The Morgan fingerprint density at radius 1 is 1.26 bits per heavy atom. The number of piperidine rings is 1. The molecule has 1 aliphatic rings.